The molecule has 0 atom stereocenters. The summed E-state index contributed by atoms with van der Waals surface area (Å²) >= 11 is 0. The molecule has 3 aromatic heterocycles. The van der Waals surface area contributed by atoms with Crippen LogP contribution in [0.2, 0.25) is 0 Å². The summed E-state index contributed by atoms with van der Waals surface area (Å²) in [5, 5.41) is 2.30. The Kier molecular flexibility index (Phi) is 7.91. The minimum absolute atomic E-state index is 0. The zero-order chi connectivity index (χ0) is 32.0. The Bertz CT molecular complexity index is 2590. The summed E-state index contributed by atoms with van der Waals surface area (Å²) < 4.78 is 6.66. The Morgan fingerprint density at radius 1 is 0.592 bits per heavy atom. The molecule has 0 spiro atoms. The summed E-state index contributed by atoms with van der Waals surface area (Å²) in [6, 6.07) is 60.3. The number of fused-ring (bicyclic) bond motifs is 4. The van der Waals surface area contributed by atoms with E-state index in [1.165, 1.54) is 5.39 Å². The number of hydrogen-bond donors (Lipinski definition) is 0. The molecule has 6 heteroatoms. The number of para-hydroxylation sites is 5. The standard InChI is InChI=1S/C43H30N5.Pt/c1-31-25-26-44-43(27-31)48-39-20-9-8-19-37(39)38-24-23-36(29-42(38)48)47(33-15-6-3-7-16-33)35-18-12-17-34(28-35)46-30-45(32-13-4-2-5-14-32)40-21-10-11-22-41(40)46;/h2-27,30H,1H3;/q-1;. The molecular weight excluding hydrogens is 782 g/mol. The maximum Gasteiger partial charge on any atom is 0.168 e. The molecule has 0 fully saturated rings. The normalized spacial score (nSPS) is 11.2. The summed E-state index contributed by atoms with van der Waals surface area (Å²) in [6.07, 6.45) is 4.02. The molecule has 0 aliphatic heterocycles. The molecule has 0 bridgehead atoms. The second kappa shape index (κ2) is 12.7. The predicted molar refractivity (Wildman–Crippen MR) is 196 cm³/mol. The van der Waals surface area contributed by atoms with E-state index < -0.39 is 0 Å². The van der Waals surface area contributed by atoms with Gasteiger partial charge in [-0.15, -0.1) is 29.7 Å². The first-order valence-corrected chi connectivity index (χ1v) is 16.1. The van der Waals surface area contributed by atoms with E-state index in [9.17, 15) is 0 Å². The Labute approximate surface area is 299 Å². The van der Waals surface area contributed by atoms with Crippen molar-refractivity contribution >= 4 is 49.9 Å². The van der Waals surface area contributed by atoms with Crippen molar-refractivity contribution in [3.8, 4) is 17.2 Å². The zero-order valence-corrected chi connectivity index (χ0v) is 28.9. The van der Waals surface area contributed by atoms with Crippen LogP contribution < -0.4 is 4.90 Å². The number of rotatable bonds is 6. The molecule has 0 N–H and O–H groups in total. The molecule has 9 aromatic rings. The van der Waals surface area contributed by atoms with Gasteiger partial charge in [-0.2, -0.15) is 16.7 Å². The van der Waals surface area contributed by atoms with E-state index in [4.69, 9.17) is 4.98 Å². The van der Waals surface area contributed by atoms with Crippen molar-refractivity contribution in [2.75, 3.05) is 4.90 Å². The molecular formula is C43H30N5Pt-. The smallest absolute Gasteiger partial charge is 0.168 e. The maximum atomic E-state index is 4.79. The van der Waals surface area contributed by atoms with Crippen LogP contribution in [0.25, 0.3) is 50.0 Å². The van der Waals surface area contributed by atoms with Crippen molar-refractivity contribution in [2.24, 2.45) is 0 Å². The topological polar surface area (TPSA) is 30.9 Å². The first kappa shape index (κ1) is 30.6. The van der Waals surface area contributed by atoms with Crippen LogP contribution in [0.5, 0.6) is 0 Å². The minimum atomic E-state index is 0. The van der Waals surface area contributed by atoms with Crippen LogP contribution in [0.4, 0.5) is 17.1 Å². The van der Waals surface area contributed by atoms with Gasteiger partial charge in [0.2, 0.25) is 0 Å². The van der Waals surface area contributed by atoms with Gasteiger partial charge in [-0.3, -0.25) is 0 Å². The zero-order valence-electron chi connectivity index (χ0n) is 26.6. The Morgan fingerprint density at radius 3 is 2.04 bits per heavy atom. The van der Waals surface area contributed by atoms with Gasteiger partial charge in [0.1, 0.15) is 11.5 Å². The van der Waals surface area contributed by atoms with Gasteiger partial charge in [-0.05, 0) is 60.3 Å². The molecule has 0 saturated heterocycles. The third-order valence-corrected chi connectivity index (χ3v) is 8.88. The van der Waals surface area contributed by atoms with Gasteiger partial charge in [0, 0.05) is 56.3 Å². The molecule has 0 saturated carbocycles. The second-order valence-corrected chi connectivity index (χ2v) is 11.9. The molecule has 238 valence electrons. The van der Waals surface area contributed by atoms with E-state index in [1.54, 1.807) is 0 Å². The summed E-state index contributed by atoms with van der Waals surface area (Å²) in [6.45, 7) is 2.10. The molecule has 6 aromatic carbocycles. The van der Waals surface area contributed by atoms with Gasteiger partial charge in [0.05, 0.1) is 0 Å². The summed E-state index contributed by atoms with van der Waals surface area (Å²) in [5.74, 6) is 0.876. The van der Waals surface area contributed by atoms with E-state index in [0.29, 0.717) is 0 Å². The monoisotopic (exact) mass is 811 g/mol. The third kappa shape index (κ3) is 5.33. The molecule has 3 heterocycles. The fourth-order valence-corrected chi connectivity index (χ4v) is 6.69. The summed E-state index contributed by atoms with van der Waals surface area (Å²) in [4.78, 5) is 7.01. The van der Waals surface area contributed by atoms with Crippen molar-refractivity contribution in [3.63, 3.8) is 0 Å². The predicted octanol–water partition coefficient (Wildman–Crippen LogP) is 10.6. The van der Waals surface area contributed by atoms with Crippen molar-refractivity contribution in [1.82, 2.24) is 18.7 Å². The van der Waals surface area contributed by atoms with Crippen LogP contribution in [0.15, 0.2) is 164 Å². The second-order valence-electron chi connectivity index (χ2n) is 11.9. The van der Waals surface area contributed by atoms with Crippen molar-refractivity contribution in [3.05, 3.63) is 182 Å². The quantitative estimate of drug-likeness (QED) is 0.157. The van der Waals surface area contributed by atoms with Gasteiger partial charge in [0.25, 0.3) is 0 Å². The van der Waals surface area contributed by atoms with Gasteiger partial charge in [-0.1, -0.05) is 89.7 Å². The van der Waals surface area contributed by atoms with E-state index in [1.807, 2.05) is 24.4 Å². The molecule has 49 heavy (non-hydrogen) atoms. The molecule has 0 aliphatic carbocycles. The number of benzene rings is 6. The largest absolute Gasteiger partial charge is 0.358 e. The molecule has 0 amide bonds. The van der Waals surface area contributed by atoms with Gasteiger partial charge >= 0.3 is 0 Å². The number of aromatic nitrogens is 4. The van der Waals surface area contributed by atoms with Crippen molar-refractivity contribution in [2.45, 2.75) is 6.92 Å². The average Bonchev–Trinajstić information content (AvgIpc) is 3.69. The van der Waals surface area contributed by atoms with Gasteiger partial charge < -0.3 is 9.47 Å². The van der Waals surface area contributed by atoms with E-state index in [-0.39, 0.29) is 21.1 Å². The number of aryl methyl sites for hydroxylation is 1. The van der Waals surface area contributed by atoms with Crippen LogP contribution in [-0.4, -0.2) is 18.7 Å². The van der Waals surface area contributed by atoms with Crippen molar-refractivity contribution in [1.29, 1.82) is 0 Å². The van der Waals surface area contributed by atoms with Crippen LogP contribution in [-0.2, 0) is 21.1 Å². The van der Waals surface area contributed by atoms with Gasteiger partial charge in [0.15, 0.2) is 17.4 Å². The molecule has 5 nitrogen and oxygen atoms in total. The fourth-order valence-electron chi connectivity index (χ4n) is 6.69. The van der Waals surface area contributed by atoms with E-state index in [0.717, 1.165) is 67.3 Å². The Balaban J connectivity index is 0.00000348. The average molecular weight is 812 g/mol. The molecule has 0 aliphatic rings. The number of pyridine rings is 1. The Morgan fingerprint density at radius 2 is 1.27 bits per heavy atom. The number of hydrogen-bond acceptors (Lipinski definition) is 2. The molecule has 0 unspecified atom stereocenters. The van der Waals surface area contributed by atoms with Crippen LogP contribution >= 0.6 is 0 Å². The summed E-state index contributed by atoms with van der Waals surface area (Å²) in [7, 11) is 0. The van der Waals surface area contributed by atoms with Crippen molar-refractivity contribution < 1.29 is 21.1 Å². The maximum absolute atomic E-state index is 4.79. The fraction of sp³-hybridized carbons (Fsp3) is 0.0233. The SMILES string of the molecule is Cc1ccnc(-n2c3[c-]c(N(c4[c-]c(-n5[cH+]n(-c6ccccc6)c6ccccc65)ccc4)c4ccccc4)ccc3c3ccccc32)c1.[Pt]. The van der Waals surface area contributed by atoms with Crippen LogP contribution in [0.3, 0.4) is 0 Å². The summed E-state index contributed by atoms with van der Waals surface area (Å²) in [5.41, 5.74) is 10.4. The molecule has 0 radical (unpaired) electrons. The number of imidazole rings is 1. The third-order valence-electron chi connectivity index (χ3n) is 8.88. The number of anilines is 3. The van der Waals surface area contributed by atoms with E-state index in [2.05, 4.69) is 177 Å². The first-order valence-electron chi connectivity index (χ1n) is 16.1. The van der Waals surface area contributed by atoms with E-state index >= 15 is 0 Å². The Hall–Kier alpha value is -5.77. The first-order chi connectivity index (χ1) is 23.7. The number of nitrogens with zero attached hydrogens (tertiary/aromatic N) is 5. The molecule has 9 rings (SSSR count). The van der Waals surface area contributed by atoms with Crippen LogP contribution in [0, 0.1) is 19.1 Å². The van der Waals surface area contributed by atoms with Crippen LogP contribution in [0.1, 0.15) is 5.56 Å². The minimum Gasteiger partial charge on any atom is -0.358 e. The van der Waals surface area contributed by atoms with Gasteiger partial charge in [-0.25, -0.2) is 9.55 Å².